The summed E-state index contributed by atoms with van der Waals surface area (Å²) in [5.41, 5.74) is 7.02. The monoisotopic (exact) mass is 365 g/mol. The van der Waals surface area contributed by atoms with Crippen molar-refractivity contribution >= 4 is 29.9 Å². The highest BCUT2D eigenvalue weighted by Gasteiger charge is 2.17. The summed E-state index contributed by atoms with van der Waals surface area (Å²) < 4.78 is 7.40. The smallest absolute Gasteiger partial charge is 0.191 e. The average Bonchev–Trinajstić information content (AvgIpc) is 2.72. The number of halogens is 1. The molecule has 0 amide bonds. The highest BCUT2D eigenvalue weighted by atomic mass is 127. The van der Waals surface area contributed by atoms with Crippen LogP contribution in [0.25, 0.3) is 0 Å². The van der Waals surface area contributed by atoms with E-state index in [9.17, 15) is 0 Å². The summed E-state index contributed by atoms with van der Waals surface area (Å²) in [6.45, 7) is 4.93. The Morgan fingerprint density at radius 3 is 3.06 bits per heavy atom. The molecule has 0 saturated carbocycles. The molecular formula is C11H20IN5O. The summed E-state index contributed by atoms with van der Waals surface area (Å²) >= 11 is 0. The third-order valence-electron chi connectivity index (χ3n) is 2.88. The van der Waals surface area contributed by atoms with Crippen LogP contribution in [0.1, 0.15) is 12.6 Å². The molecule has 1 aliphatic rings. The molecule has 1 aromatic rings. The Kier molecular flexibility index (Phi) is 5.86. The lowest BCUT2D eigenvalue weighted by Crippen LogP contribution is -2.47. The van der Waals surface area contributed by atoms with Crippen molar-refractivity contribution in [3.63, 3.8) is 0 Å². The molecule has 18 heavy (non-hydrogen) atoms. The Labute approximate surface area is 124 Å². The molecular weight excluding hydrogens is 345 g/mol. The first-order valence-corrected chi connectivity index (χ1v) is 5.78. The van der Waals surface area contributed by atoms with Crippen LogP contribution in [0.2, 0.25) is 0 Å². The van der Waals surface area contributed by atoms with Crippen molar-refractivity contribution in [1.29, 1.82) is 0 Å². The van der Waals surface area contributed by atoms with Gasteiger partial charge in [0.25, 0.3) is 0 Å². The van der Waals surface area contributed by atoms with Crippen molar-refractivity contribution < 1.29 is 4.74 Å². The third kappa shape index (κ3) is 3.84. The first kappa shape index (κ1) is 15.2. The number of aromatic nitrogens is 2. The topological polar surface area (TPSA) is 68.7 Å². The zero-order valence-corrected chi connectivity index (χ0v) is 13.1. The van der Waals surface area contributed by atoms with Crippen LogP contribution in [-0.4, -0.2) is 46.2 Å². The molecule has 102 valence electrons. The van der Waals surface area contributed by atoms with E-state index in [1.807, 2.05) is 18.5 Å². The lowest BCUT2D eigenvalue weighted by atomic mass is 10.3. The van der Waals surface area contributed by atoms with Crippen molar-refractivity contribution in [2.45, 2.75) is 19.6 Å². The maximum absolute atomic E-state index is 5.97. The fourth-order valence-electron chi connectivity index (χ4n) is 1.83. The second kappa shape index (κ2) is 6.93. The molecule has 0 radical (unpaired) electrons. The van der Waals surface area contributed by atoms with Gasteiger partial charge in [-0.3, -0.25) is 0 Å². The Morgan fingerprint density at radius 2 is 2.44 bits per heavy atom. The second-order valence-corrected chi connectivity index (χ2v) is 4.30. The summed E-state index contributed by atoms with van der Waals surface area (Å²) in [5, 5.41) is 0. The van der Waals surface area contributed by atoms with Crippen molar-refractivity contribution in [3.05, 3.63) is 18.2 Å². The van der Waals surface area contributed by atoms with Crippen LogP contribution in [0.4, 0.5) is 0 Å². The van der Waals surface area contributed by atoms with E-state index in [1.54, 1.807) is 12.5 Å². The Balaban J connectivity index is 0.00000162. The zero-order chi connectivity index (χ0) is 12.3. The quantitative estimate of drug-likeness (QED) is 0.473. The van der Waals surface area contributed by atoms with E-state index in [2.05, 4.69) is 14.9 Å². The van der Waals surface area contributed by atoms with Gasteiger partial charge in [0.1, 0.15) is 0 Å². The number of ether oxygens (including phenoxy) is 1. The molecule has 1 aromatic heterocycles. The van der Waals surface area contributed by atoms with Gasteiger partial charge in [0.15, 0.2) is 5.96 Å². The van der Waals surface area contributed by atoms with Gasteiger partial charge in [0.2, 0.25) is 0 Å². The zero-order valence-electron chi connectivity index (χ0n) is 10.7. The van der Waals surface area contributed by atoms with Crippen LogP contribution in [0.5, 0.6) is 0 Å². The number of rotatable bonds is 2. The molecule has 2 N–H and O–H groups in total. The van der Waals surface area contributed by atoms with Gasteiger partial charge in [0.05, 0.1) is 37.5 Å². The van der Waals surface area contributed by atoms with E-state index in [1.165, 1.54) is 0 Å². The number of aryl methyl sites for hydroxylation is 1. The summed E-state index contributed by atoms with van der Waals surface area (Å²) in [5.74, 6) is 0.585. The van der Waals surface area contributed by atoms with E-state index < -0.39 is 0 Å². The lowest BCUT2D eigenvalue weighted by Gasteiger charge is -2.31. The molecule has 1 atom stereocenters. The molecule has 0 bridgehead atoms. The van der Waals surface area contributed by atoms with Crippen LogP contribution in [0, 0.1) is 0 Å². The van der Waals surface area contributed by atoms with Crippen LogP contribution < -0.4 is 5.73 Å². The second-order valence-electron chi connectivity index (χ2n) is 4.30. The van der Waals surface area contributed by atoms with E-state index in [-0.39, 0.29) is 30.1 Å². The highest BCUT2D eigenvalue weighted by Crippen LogP contribution is 2.05. The van der Waals surface area contributed by atoms with Gasteiger partial charge in [0, 0.05) is 20.1 Å². The first-order valence-electron chi connectivity index (χ1n) is 5.78. The first-order chi connectivity index (χ1) is 8.16. The molecule has 1 fully saturated rings. The maximum atomic E-state index is 5.97. The van der Waals surface area contributed by atoms with Gasteiger partial charge >= 0.3 is 0 Å². The van der Waals surface area contributed by atoms with Gasteiger partial charge < -0.3 is 19.9 Å². The van der Waals surface area contributed by atoms with Crippen molar-refractivity contribution in [3.8, 4) is 0 Å². The standard InChI is InChI=1S/C11H19N5O.HI/c1-9-7-16(3-4-17-9)11(12)14-6-10-5-13-8-15(10)2;/h5,8-9H,3-4,6-7H2,1-2H3,(H2,12,14);1H. The molecule has 6 nitrogen and oxygen atoms in total. The molecule has 0 spiro atoms. The fourth-order valence-corrected chi connectivity index (χ4v) is 1.83. The number of hydrogen-bond donors (Lipinski definition) is 1. The van der Waals surface area contributed by atoms with E-state index in [0.717, 1.165) is 18.8 Å². The minimum Gasteiger partial charge on any atom is -0.375 e. The van der Waals surface area contributed by atoms with Gasteiger partial charge in [-0.2, -0.15) is 0 Å². The molecule has 2 rings (SSSR count). The molecule has 1 aliphatic heterocycles. The third-order valence-corrected chi connectivity index (χ3v) is 2.88. The number of guanidine groups is 1. The minimum absolute atomic E-state index is 0. The van der Waals surface area contributed by atoms with Crippen molar-refractivity contribution in [2.75, 3.05) is 19.7 Å². The van der Waals surface area contributed by atoms with Crippen molar-refractivity contribution in [2.24, 2.45) is 17.8 Å². The van der Waals surface area contributed by atoms with Gasteiger partial charge in [-0.05, 0) is 6.92 Å². The van der Waals surface area contributed by atoms with Gasteiger partial charge in [-0.25, -0.2) is 9.98 Å². The number of nitrogens with zero attached hydrogens (tertiary/aromatic N) is 4. The Bertz CT molecular complexity index is 406. The number of morpholine rings is 1. The SMILES string of the molecule is CC1CN(C(N)=NCc2cncn2C)CCO1.I. The molecule has 1 unspecified atom stereocenters. The minimum atomic E-state index is 0. The van der Waals surface area contributed by atoms with Crippen LogP contribution in [-0.2, 0) is 18.3 Å². The lowest BCUT2D eigenvalue weighted by molar-refractivity contribution is 0.00528. The van der Waals surface area contributed by atoms with E-state index in [4.69, 9.17) is 10.5 Å². The van der Waals surface area contributed by atoms with Gasteiger partial charge in [-0.15, -0.1) is 24.0 Å². The predicted octanol–water partition coefficient (Wildman–Crippen LogP) is 0.573. The molecule has 0 aliphatic carbocycles. The van der Waals surface area contributed by atoms with Crippen LogP contribution in [0.15, 0.2) is 17.5 Å². The highest BCUT2D eigenvalue weighted by molar-refractivity contribution is 14.0. The summed E-state index contributed by atoms with van der Waals surface area (Å²) in [4.78, 5) is 10.5. The van der Waals surface area contributed by atoms with E-state index in [0.29, 0.717) is 19.1 Å². The largest absolute Gasteiger partial charge is 0.375 e. The Morgan fingerprint density at radius 1 is 1.67 bits per heavy atom. The van der Waals surface area contributed by atoms with Crippen LogP contribution >= 0.6 is 24.0 Å². The van der Waals surface area contributed by atoms with Gasteiger partial charge in [-0.1, -0.05) is 0 Å². The number of aliphatic imine (C=N–C) groups is 1. The number of imidazole rings is 1. The summed E-state index contributed by atoms with van der Waals surface area (Å²) in [7, 11) is 1.95. The molecule has 2 heterocycles. The molecule has 0 aromatic carbocycles. The number of nitrogens with two attached hydrogens (primary N) is 1. The summed E-state index contributed by atoms with van der Waals surface area (Å²) in [6, 6.07) is 0. The average molecular weight is 365 g/mol. The normalized spacial score (nSPS) is 20.7. The van der Waals surface area contributed by atoms with Crippen LogP contribution in [0.3, 0.4) is 0 Å². The van der Waals surface area contributed by atoms with E-state index >= 15 is 0 Å². The Hall–Kier alpha value is -0.830. The van der Waals surface area contributed by atoms with Crippen molar-refractivity contribution in [1.82, 2.24) is 14.5 Å². The fraction of sp³-hybridized carbons (Fsp3) is 0.636. The number of hydrogen-bond acceptors (Lipinski definition) is 3. The summed E-state index contributed by atoms with van der Waals surface area (Å²) in [6.07, 6.45) is 3.78. The maximum Gasteiger partial charge on any atom is 0.191 e. The molecule has 1 saturated heterocycles. The predicted molar refractivity (Wildman–Crippen MR) is 80.9 cm³/mol. The molecule has 7 heteroatoms.